The van der Waals surface area contributed by atoms with E-state index in [0.717, 1.165) is 13.1 Å². The molecule has 0 radical (unpaired) electrons. The Bertz CT molecular complexity index is 563. The average molecular weight is 403 g/mol. The number of hydrogen-bond donors (Lipinski definition) is 1. The zero-order valence-electron chi connectivity index (χ0n) is 14.2. The number of nitrogens with zero attached hydrogens (tertiary/aromatic N) is 1. The van der Waals surface area contributed by atoms with E-state index >= 15 is 0 Å². The number of morpholine rings is 1. The lowest BCUT2D eigenvalue weighted by Gasteiger charge is -2.38. The third-order valence-corrected chi connectivity index (χ3v) is 4.41. The molecule has 0 bridgehead atoms. The Labute approximate surface area is 150 Å². The number of halogens is 2. The Morgan fingerprint density at radius 2 is 2.12 bits per heavy atom. The van der Waals surface area contributed by atoms with Crippen molar-refractivity contribution >= 4 is 21.8 Å². The summed E-state index contributed by atoms with van der Waals surface area (Å²) >= 11 is 3.17. The smallest absolute Gasteiger partial charge is 0.257 e. The zero-order valence-corrected chi connectivity index (χ0v) is 15.8. The highest BCUT2D eigenvalue weighted by atomic mass is 79.9. The summed E-state index contributed by atoms with van der Waals surface area (Å²) in [5.41, 5.74) is 0. The number of benzene rings is 1. The molecule has 5 nitrogen and oxygen atoms in total. The fraction of sp³-hybridized carbons (Fsp3) is 0.588. The molecular formula is C17H24BrFN2O3. The van der Waals surface area contributed by atoms with Crippen LogP contribution in [0.5, 0.6) is 5.75 Å². The van der Waals surface area contributed by atoms with Gasteiger partial charge in [0, 0.05) is 30.1 Å². The number of hydrogen-bond acceptors (Lipinski definition) is 4. The van der Waals surface area contributed by atoms with E-state index in [4.69, 9.17) is 9.47 Å². The van der Waals surface area contributed by atoms with E-state index in [0.29, 0.717) is 11.0 Å². The first-order valence-electron chi connectivity index (χ1n) is 8.09. The molecule has 1 aromatic carbocycles. The number of amides is 1. The van der Waals surface area contributed by atoms with Gasteiger partial charge >= 0.3 is 0 Å². The highest BCUT2D eigenvalue weighted by Crippen LogP contribution is 2.21. The Balaban J connectivity index is 1.74. The normalized spacial score (nSPS) is 22.9. The van der Waals surface area contributed by atoms with Crippen molar-refractivity contribution in [3.8, 4) is 5.75 Å². The third kappa shape index (κ3) is 5.72. The van der Waals surface area contributed by atoms with Crippen molar-refractivity contribution in [1.29, 1.82) is 0 Å². The molecule has 1 N–H and O–H groups in total. The van der Waals surface area contributed by atoms with Crippen molar-refractivity contribution in [3.05, 3.63) is 28.5 Å². The van der Waals surface area contributed by atoms with Gasteiger partial charge in [0.05, 0.1) is 12.2 Å². The second-order valence-corrected chi connectivity index (χ2v) is 7.14. The van der Waals surface area contributed by atoms with Crippen LogP contribution in [0.4, 0.5) is 4.39 Å². The molecule has 0 saturated carbocycles. The standard InChI is InChI=1S/C17H24BrFN2O3/c1-11(21-8-12(2)24-13(3)9-21)7-20-17(22)10-23-16-5-4-14(18)6-15(16)19/h4-6,11-13H,7-10H2,1-3H3,(H,20,22). The molecule has 3 atom stereocenters. The number of carbonyl (C=O) groups excluding carboxylic acids is 1. The highest BCUT2D eigenvalue weighted by Gasteiger charge is 2.25. The summed E-state index contributed by atoms with van der Waals surface area (Å²) in [6.07, 6.45) is 0.381. The van der Waals surface area contributed by atoms with Crippen LogP contribution in [-0.2, 0) is 9.53 Å². The van der Waals surface area contributed by atoms with Crippen molar-refractivity contribution in [2.24, 2.45) is 0 Å². The molecular weight excluding hydrogens is 379 g/mol. The predicted molar refractivity (Wildman–Crippen MR) is 93.6 cm³/mol. The van der Waals surface area contributed by atoms with Gasteiger partial charge in [0.2, 0.25) is 0 Å². The van der Waals surface area contributed by atoms with Gasteiger partial charge in [-0.1, -0.05) is 15.9 Å². The lowest BCUT2D eigenvalue weighted by Crippen LogP contribution is -2.52. The molecule has 24 heavy (non-hydrogen) atoms. The third-order valence-electron chi connectivity index (χ3n) is 3.92. The maximum atomic E-state index is 13.6. The number of carbonyl (C=O) groups is 1. The summed E-state index contributed by atoms with van der Waals surface area (Å²) in [5.74, 6) is -0.697. The van der Waals surface area contributed by atoms with Gasteiger partial charge in [-0.2, -0.15) is 0 Å². The first kappa shape index (κ1) is 19.1. The molecule has 7 heteroatoms. The zero-order chi connectivity index (χ0) is 17.7. The van der Waals surface area contributed by atoms with Crippen LogP contribution in [-0.4, -0.2) is 55.3 Å². The van der Waals surface area contributed by atoms with Crippen LogP contribution in [0.2, 0.25) is 0 Å². The van der Waals surface area contributed by atoms with Crippen molar-refractivity contribution < 1.29 is 18.7 Å². The minimum Gasteiger partial charge on any atom is -0.481 e. The summed E-state index contributed by atoms with van der Waals surface area (Å²) in [4.78, 5) is 14.2. The van der Waals surface area contributed by atoms with Crippen molar-refractivity contribution in [1.82, 2.24) is 10.2 Å². The van der Waals surface area contributed by atoms with E-state index in [2.05, 4.69) is 46.9 Å². The van der Waals surface area contributed by atoms with E-state index in [1.807, 2.05) is 0 Å². The van der Waals surface area contributed by atoms with Crippen LogP contribution >= 0.6 is 15.9 Å². The monoisotopic (exact) mass is 402 g/mol. The molecule has 1 aromatic rings. The Morgan fingerprint density at radius 1 is 1.46 bits per heavy atom. The maximum absolute atomic E-state index is 13.6. The largest absolute Gasteiger partial charge is 0.481 e. The topological polar surface area (TPSA) is 50.8 Å². The lowest BCUT2D eigenvalue weighted by atomic mass is 10.2. The van der Waals surface area contributed by atoms with Gasteiger partial charge in [-0.25, -0.2) is 4.39 Å². The molecule has 1 aliphatic rings. The molecule has 3 unspecified atom stereocenters. The number of nitrogens with one attached hydrogen (secondary N) is 1. The maximum Gasteiger partial charge on any atom is 0.257 e. The Morgan fingerprint density at radius 3 is 2.75 bits per heavy atom. The fourth-order valence-electron chi connectivity index (χ4n) is 2.75. The van der Waals surface area contributed by atoms with Gasteiger partial charge in [0.1, 0.15) is 0 Å². The van der Waals surface area contributed by atoms with Crippen LogP contribution < -0.4 is 10.1 Å². The summed E-state index contributed by atoms with van der Waals surface area (Å²) in [6.45, 7) is 8.18. The van der Waals surface area contributed by atoms with E-state index < -0.39 is 5.82 Å². The van der Waals surface area contributed by atoms with Gasteiger partial charge in [0.15, 0.2) is 18.2 Å². The van der Waals surface area contributed by atoms with Gasteiger partial charge in [0.25, 0.3) is 5.91 Å². The Kier molecular flexibility index (Phi) is 7.01. The summed E-state index contributed by atoms with van der Waals surface area (Å²) < 4.78 is 25.2. The summed E-state index contributed by atoms with van der Waals surface area (Å²) in [6, 6.07) is 4.66. The summed E-state index contributed by atoms with van der Waals surface area (Å²) in [7, 11) is 0. The quantitative estimate of drug-likeness (QED) is 0.794. The predicted octanol–water partition coefficient (Wildman–Crippen LogP) is 2.58. The molecule has 0 aromatic heterocycles. The molecule has 2 rings (SSSR count). The molecule has 1 fully saturated rings. The van der Waals surface area contributed by atoms with Gasteiger partial charge in [-0.05, 0) is 39.0 Å². The number of rotatable bonds is 6. The van der Waals surface area contributed by atoms with Crippen molar-refractivity contribution in [2.45, 2.75) is 39.0 Å². The van der Waals surface area contributed by atoms with Crippen LogP contribution in [0, 0.1) is 5.82 Å². The van der Waals surface area contributed by atoms with Crippen LogP contribution in [0.25, 0.3) is 0 Å². The lowest BCUT2D eigenvalue weighted by molar-refractivity contribution is -0.123. The first-order chi connectivity index (χ1) is 11.3. The minimum atomic E-state index is -0.498. The van der Waals surface area contributed by atoms with Crippen molar-refractivity contribution in [3.63, 3.8) is 0 Å². The molecule has 1 amide bonds. The van der Waals surface area contributed by atoms with E-state index in [1.165, 1.54) is 12.1 Å². The highest BCUT2D eigenvalue weighted by molar-refractivity contribution is 9.10. The summed E-state index contributed by atoms with van der Waals surface area (Å²) in [5, 5.41) is 2.83. The SMILES string of the molecule is CC1CN(C(C)CNC(=O)COc2ccc(Br)cc2F)CC(C)O1. The van der Waals surface area contributed by atoms with E-state index in [-0.39, 0.29) is 36.5 Å². The van der Waals surface area contributed by atoms with Gasteiger partial charge in [-0.15, -0.1) is 0 Å². The van der Waals surface area contributed by atoms with Crippen molar-refractivity contribution in [2.75, 3.05) is 26.2 Å². The molecule has 0 aliphatic carbocycles. The first-order valence-corrected chi connectivity index (χ1v) is 8.88. The van der Waals surface area contributed by atoms with Gasteiger partial charge < -0.3 is 14.8 Å². The van der Waals surface area contributed by atoms with Crippen LogP contribution in [0.15, 0.2) is 22.7 Å². The molecule has 0 spiro atoms. The second kappa shape index (κ2) is 8.78. The average Bonchev–Trinajstić information content (AvgIpc) is 2.50. The number of ether oxygens (including phenoxy) is 2. The second-order valence-electron chi connectivity index (χ2n) is 6.23. The van der Waals surface area contributed by atoms with Crippen LogP contribution in [0.1, 0.15) is 20.8 Å². The van der Waals surface area contributed by atoms with E-state index in [9.17, 15) is 9.18 Å². The molecule has 1 aliphatic heterocycles. The van der Waals surface area contributed by atoms with Crippen LogP contribution in [0.3, 0.4) is 0 Å². The molecule has 1 saturated heterocycles. The minimum absolute atomic E-state index is 0.0669. The Hall–Kier alpha value is -1.18. The van der Waals surface area contributed by atoms with E-state index in [1.54, 1.807) is 6.07 Å². The molecule has 134 valence electrons. The fourth-order valence-corrected chi connectivity index (χ4v) is 3.09. The molecule has 1 heterocycles. The van der Waals surface area contributed by atoms with Gasteiger partial charge in [-0.3, -0.25) is 9.69 Å².